The Morgan fingerprint density at radius 3 is 2.77 bits per heavy atom. The van der Waals surface area contributed by atoms with Gasteiger partial charge in [0.2, 0.25) is 0 Å². The minimum atomic E-state index is 0.542. The van der Waals surface area contributed by atoms with Crippen LogP contribution in [0.3, 0.4) is 0 Å². The van der Waals surface area contributed by atoms with Crippen molar-refractivity contribution >= 4 is 27.9 Å². The largest absolute Gasteiger partial charge is 0.489 e. The fourth-order valence-electron chi connectivity index (χ4n) is 5.79. The molecule has 3 aliphatic rings. The van der Waals surface area contributed by atoms with Crippen LogP contribution in [0, 0.1) is 0 Å². The zero-order chi connectivity index (χ0) is 26.7. The monoisotopic (exact) mass is 527 g/mol. The van der Waals surface area contributed by atoms with Crippen LogP contribution < -0.4 is 10.2 Å². The Bertz CT molecular complexity index is 1650. The molecule has 0 bridgehead atoms. The molecular weight excluding hydrogens is 494 g/mol. The molecule has 1 aromatic carbocycles. The lowest BCUT2D eigenvalue weighted by atomic mass is 9.95. The van der Waals surface area contributed by atoms with Gasteiger partial charge in [0.25, 0.3) is 0 Å². The van der Waals surface area contributed by atoms with Gasteiger partial charge in [0.1, 0.15) is 18.2 Å². The molecule has 2 N–H and O–H groups in total. The summed E-state index contributed by atoms with van der Waals surface area (Å²) in [6, 6.07) is 16.9. The van der Waals surface area contributed by atoms with Crippen molar-refractivity contribution in [3.8, 4) is 0 Å². The molecule has 7 rings (SSSR count). The highest BCUT2D eigenvalue weighted by Gasteiger charge is 2.21. The van der Waals surface area contributed by atoms with Gasteiger partial charge >= 0.3 is 0 Å². The van der Waals surface area contributed by atoms with Gasteiger partial charge in [-0.1, -0.05) is 42.5 Å². The number of piperidine rings is 1. The van der Waals surface area contributed by atoms with Gasteiger partial charge in [-0.05, 0) is 67.2 Å². The molecule has 6 heteroatoms. The summed E-state index contributed by atoms with van der Waals surface area (Å²) in [5.74, 6) is 1.94. The van der Waals surface area contributed by atoms with Crippen molar-refractivity contribution in [1.82, 2.24) is 20.3 Å². The van der Waals surface area contributed by atoms with Gasteiger partial charge in [-0.15, -0.1) is 0 Å². The predicted molar refractivity (Wildman–Crippen MR) is 161 cm³/mol. The number of fused-ring (bicyclic) bond motifs is 2. The van der Waals surface area contributed by atoms with Gasteiger partial charge in [0.05, 0.1) is 17.8 Å². The fraction of sp³-hybridized carbons (Fsp3) is 0.235. The molecule has 200 valence electrons. The first-order valence-electron chi connectivity index (χ1n) is 14.2. The molecule has 0 radical (unpaired) electrons. The number of hydrogen-bond acceptors (Lipinski definition) is 5. The van der Waals surface area contributed by atoms with Gasteiger partial charge in [-0.2, -0.15) is 0 Å². The third-order valence-electron chi connectivity index (χ3n) is 7.88. The molecule has 0 spiro atoms. The molecule has 6 nitrogen and oxygen atoms in total. The number of aromatic amines is 1. The maximum absolute atomic E-state index is 6.18. The van der Waals surface area contributed by atoms with Gasteiger partial charge in [-0.25, -0.2) is 4.98 Å². The van der Waals surface area contributed by atoms with Gasteiger partial charge in [-0.3, -0.25) is 4.98 Å². The fourth-order valence-corrected chi connectivity index (χ4v) is 5.79. The Labute approximate surface area is 234 Å². The maximum Gasteiger partial charge on any atom is 0.137 e. The number of ether oxygens (including phenoxy) is 1. The van der Waals surface area contributed by atoms with Crippen LogP contribution in [-0.2, 0) is 17.9 Å². The maximum atomic E-state index is 6.18. The Kier molecular flexibility index (Phi) is 6.66. The first-order chi connectivity index (χ1) is 19.8. The van der Waals surface area contributed by atoms with Crippen LogP contribution in [0.4, 0.5) is 5.82 Å². The highest BCUT2D eigenvalue weighted by atomic mass is 16.5. The van der Waals surface area contributed by atoms with Gasteiger partial charge in [0, 0.05) is 59.5 Å². The lowest BCUT2D eigenvalue weighted by Gasteiger charge is -2.28. The molecule has 0 amide bonds. The topological polar surface area (TPSA) is 66.1 Å². The summed E-state index contributed by atoms with van der Waals surface area (Å²) in [6.07, 6.45) is 19.2. The average molecular weight is 528 g/mol. The molecule has 4 aromatic rings. The molecule has 5 heterocycles. The van der Waals surface area contributed by atoms with Crippen LogP contribution in [0.25, 0.3) is 22.0 Å². The van der Waals surface area contributed by atoms with E-state index in [0.29, 0.717) is 13.2 Å². The van der Waals surface area contributed by atoms with E-state index >= 15 is 0 Å². The number of anilines is 1. The number of pyridine rings is 2. The lowest BCUT2D eigenvalue weighted by Crippen LogP contribution is -2.30. The van der Waals surface area contributed by atoms with E-state index in [-0.39, 0.29) is 0 Å². The second-order valence-corrected chi connectivity index (χ2v) is 10.6. The highest BCUT2D eigenvalue weighted by molar-refractivity contribution is 5.95. The van der Waals surface area contributed by atoms with Crippen LogP contribution in [-0.4, -0.2) is 28.0 Å². The Hall–Kier alpha value is -4.58. The van der Waals surface area contributed by atoms with E-state index in [2.05, 4.69) is 76.0 Å². The highest BCUT2D eigenvalue weighted by Crippen LogP contribution is 2.35. The van der Waals surface area contributed by atoms with E-state index < -0.39 is 0 Å². The van der Waals surface area contributed by atoms with E-state index in [4.69, 9.17) is 14.7 Å². The van der Waals surface area contributed by atoms with Crippen LogP contribution in [0.15, 0.2) is 97.2 Å². The number of hydrogen-bond donors (Lipinski definition) is 2. The smallest absolute Gasteiger partial charge is 0.137 e. The number of aromatic nitrogens is 3. The first kappa shape index (κ1) is 24.5. The SMILES string of the molecule is C1=CC(OCc2ccccc2)=CC(c2cnc3c(c2)C(c2cc4c(N5CCCCC5)nccc4[nH]2)=CNC3)=CC1. The number of nitrogens with zero attached hydrogens (tertiary/aromatic N) is 3. The summed E-state index contributed by atoms with van der Waals surface area (Å²) in [5.41, 5.74) is 8.86. The molecule has 2 aliphatic heterocycles. The third-order valence-corrected chi connectivity index (χ3v) is 7.88. The standard InChI is InChI=1S/C34H33N5O/c1-3-9-24(10-4-1)23-40-27-12-6-5-11-25(17-27)26-18-28-30(21-35-22-33(28)37-20-26)32-19-29-31(38-32)13-14-36-34(29)39-15-7-2-8-16-39/h1,3-4,6,9-14,17-21,35,38H,2,5,7-8,15-16,22-23H2. The lowest BCUT2D eigenvalue weighted by molar-refractivity contribution is 0.211. The molecule has 0 unspecified atom stereocenters. The molecule has 1 fully saturated rings. The molecule has 40 heavy (non-hydrogen) atoms. The quantitative estimate of drug-likeness (QED) is 0.286. The summed E-state index contributed by atoms with van der Waals surface area (Å²) in [4.78, 5) is 15.8. The number of allylic oxidation sites excluding steroid dienone is 5. The Balaban J connectivity index is 1.20. The van der Waals surface area contributed by atoms with Crippen molar-refractivity contribution in [3.63, 3.8) is 0 Å². The van der Waals surface area contributed by atoms with Crippen molar-refractivity contribution in [3.05, 3.63) is 125 Å². The van der Waals surface area contributed by atoms with Crippen LogP contribution in [0.1, 0.15) is 53.8 Å². The summed E-state index contributed by atoms with van der Waals surface area (Å²) >= 11 is 0. The van der Waals surface area contributed by atoms with E-state index in [9.17, 15) is 0 Å². The van der Waals surface area contributed by atoms with E-state index in [1.54, 1.807) is 0 Å². The molecule has 0 atom stereocenters. The second-order valence-electron chi connectivity index (χ2n) is 10.6. The molecular formula is C34H33N5O. The molecule has 0 saturated carbocycles. The normalized spacial score (nSPS) is 16.9. The van der Waals surface area contributed by atoms with E-state index in [1.807, 2.05) is 30.6 Å². The van der Waals surface area contributed by atoms with Crippen LogP contribution >= 0.6 is 0 Å². The zero-order valence-corrected chi connectivity index (χ0v) is 22.6. The van der Waals surface area contributed by atoms with E-state index in [0.717, 1.165) is 75.8 Å². The zero-order valence-electron chi connectivity index (χ0n) is 22.6. The second kappa shape index (κ2) is 10.9. The van der Waals surface area contributed by atoms with Gasteiger partial charge in [0.15, 0.2) is 0 Å². The Morgan fingerprint density at radius 2 is 1.88 bits per heavy atom. The summed E-state index contributed by atoms with van der Waals surface area (Å²) in [6.45, 7) is 3.39. The average Bonchev–Trinajstić information content (AvgIpc) is 3.31. The molecule has 1 aliphatic carbocycles. The number of rotatable bonds is 6. The number of nitrogens with one attached hydrogen (secondary N) is 2. The van der Waals surface area contributed by atoms with Crippen molar-refractivity contribution < 1.29 is 4.74 Å². The molecule has 3 aromatic heterocycles. The Morgan fingerprint density at radius 1 is 0.975 bits per heavy atom. The number of benzene rings is 1. The van der Waals surface area contributed by atoms with Crippen molar-refractivity contribution in [2.75, 3.05) is 18.0 Å². The van der Waals surface area contributed by atoms with Gasteiger partial charge < -0.3 is 19.9 Å². The number of H-pyrrole nitrogens is 1. The predicted octanol–water partition coefficient (Wildman–Crippen LogP) is 6.88. The van der Waals surface area contributed by atoms with Crippen molar-refractivity contribution in [2.24, 2.45) is 0 Å². The summed E-state index contributed by atoms with van der Waals surface area (Å²) in [7, 11) is 0. The third kappa shape index (κ3) is 4.93. The minimum Gasteiger partial charge on any atom is -0.489 e. The summed E-state index contributed by atoms with van der Waals surface area (Å²) in [5, 5.41) is 4.61. The van der Waals surface area contributed by atoms with E-state index in [1.165, 1.54) is 24.6 Å². The van der Waals surface area contributed by atoms with Crippen molar-refractivity contribution in [1.29, 1.82) is 0 Å². The first-order valence-corrected chi connectivity index (χ1v) is 14.2. The van der Waals surface area contributed by atoms with Crippen LogP contribution in [0.5, 0.6) is 0 Å². The minimum absolute atomic E-state index is 0.542. The van der Waals surface area contributed by atoms with Crippen molar-refractivity contribution in [2.45, 2.75) is 38.8 Å². The summed E-state index contributed by atoms with van der Waals surface area (Å²) < 4.78 is 6.18. The molecule has 1 saturated heterocycles. The van der Waals surface area contributed by atoms with Crippen LogP contribution in [0.2, 0.25) is 0 Å².